The van der Waals surface area contributed by atoms with Crippen molar-refractivity contribution in [3.8, 4) is 0 Å². The molecule has 10 N–H and O–H groups in total. The van der Waals surface area contributed by atoms with Crippen LogP contribution in [0.25, 0.3) is 0 Å². The van der Waals surface area contributed by atoms with Crippen LogP contribution in [-0.2, 0) is 23.7 Å². The van der Waals surface area contributed by atoms with Crippen molar-refractivity contribution in [1.82, 2.24) is 5.32 Å². The predicted molar refractivity (Wildman–Crippen MR) is 278 cm³/mol. The summed E-state index contributed by atoms with van der Waals surface area (Å²) in [6.45, 7) is 2.63. The Bertz CT molecular complexity index is 1220. The Morgan fingerprint density at radius 2 is 0.831 bits per heavy atom. The first-order chi connectivity index (χ1) is 34.5. The van der Waals surface area contributed by atoms with Crippen LogP contribution in [0.1, 0.15) is 251 Å². The molecule has 0 bridgehead atoms. The molecule has 15 nitrogen and oxygen atoms in total. The fourth-order valence-electron chi connectivity index (χ4n) is 10.1. The maximum Gasteiger partial charge on any atom is 0.220 e. The number of hydrogen-bond donors (Lipinski definition) is 10. The van der Waals surface area contributed by atoms with Gasteiger partial charge in [-0.05, 0) is 12.8 Å². The van der Waals surface area contributed by atoms with Gasteiger partial charge in [-0.1, -0.05) is 232 Å². The highest BCUT2D eigenvalue weighted by Crippen LogP contribution is 2.30. The summed E-state index contributed by atoms with van der Waals surface area (Å²) >= 11 is 0. The van der Waals surface area contributed by atoms with E-state index in [-0.39, 0.29) is 12.3 Å². The van der Waals surface area contributed by atoms with Crippen molar-refractivity contribution < 1.29 is 69.7 Å². The van der Waals surface area contributed by atoms with E-state index in [2.05, 4.69) is 19.2 Å². The maximum atomic E-state index is 13.3. The van der Waals surface area contributed by atoms with Crippen molar-refractivity contribution in [1.29, 1.82) is 0 Å². The molecule has 0 aromatic rings. The van der Waals surface area contributed by atoms with Gasteiger partial charge in [0.2, 0.25) is 5.91 Å². The largest absolute Gasteiger partial charge is 0.394 e. The van der Waals surface area contributed by atoms with Crippen LogP contribution in [0.15, 0.2) is 0 Å². The fraction of sp³-hybridized carbons (Fsp3) is 0.982. The molecule has 1 amide bonds. The number of aliphatic hydroxyl groups excluding tert-OH is 9. The molecule has 2 rings (SSSR count). The zero-order valence-electron chi connectivity index (χ0n) is 44.9. The summed E-state index contributed by atoms with van der Waals surface area (Å²) in [5.41, 5.74) is 0. The lowest BCUT2D eigenvalue weighted by molar-refractivity contribution is -0.359. The highest BCUT2D eigenvalue weighted by Gasteiger charge is 2.51. The summed E-state index contributed by atoms with van der Waals surface area (Å²) in [5.74, 6) is -0.315. The molecule has 2 aliphatic rings. The minimum atomic E-state index is -1.80. The number of carbonyl (C=O) groups excluding carboxylic acids is 1. The van der Waals surface area contributed by atoms with Gasteiger partial charge in [-0.3, -0.25) is 4.79 Å². The minimum absolute atomic E-state index is 0.224. The Balaban J connectivity index is 1.76. The normalized spacial score (nSPS) is 26.1. The first kappa shape index (κ1) is 66.1. The van der Waals surface area contributed by atoms with Gasteiger partial charge in [-0.2, -0.15) is 0 Å². The minimum Gasteiger partial charge on any atom is -0.394 e. The molecule has 0 unspecified atom stereocenters. The SMILES string of the molecule is CCCCCCCCCCCCCCCCCCCCCCCCCC(=O)N[C@@H](CO[C@H]1O[C@H](CO)[C@H](O[C@H]2O[C@H](CO)[C@H](O)[C@H](O)[C@H]2O)[C@H](O)[C@H]1O)[C@H](O)[C@H](O)CCCCCCCCCCCCCC. The number of carbonyl (C=O) groups is 1. The second kappa shape index (κ2) is 43.1. The number of rotatable bonds is 47. The molecule has 2 saturated heterocycles. The lowest BCUT2D eigenvalue weighted by Crippen LogP contribution is -2.65. The van der Waals surface area contributed by atoms with Crippen molar-refractivity contribution in [2.45, 2.75) is 331 Å². The molecule has 0 saturated carbocycles. The number of aliphatic hydroxyl groups is 9. The van der Waals surface area contributed by atoms with Gasteiger partial charge in [0.25, 0.3) is 0 Å². The van der Waals surface area contributed by atoms with Crippen LogP contribution in [0, 0.1) is 0 Å². The molecule has 71 heavy (non-hydrogen) atoms. The molecule has 0 aromatic heterocycles. The van der Waals surface area contributed by atoms with Crippen molar-refractivity contribution in [2.24, 2.45) is 0 Å². The number of nitrogens with one attached hydrogen (secondary N) is 1. The zero-order valence-corrected chi connectivity index (χ0v) is 44.9. The highest BCUT2D eigenvalue weighted by atomic mass is 16.7. The van der Waals surface area contributed by atoms with Gasteiger partial charge in [0.05, 0.1) is 32.0 Å². The quantitative estimate of drug-likeness (QED) is 0.0258. The summed E-state index contributed by atoms with van der Waals surface area (Å²) in [6, 6.07) is -1.09. The van der Waals surface area contributed by atoms with Crippen LogP contribution in [0.2, 0.25) is 0 Å². The van der Waals surface area contributed by atoms with Crippen LogP contribution in [-0.4, -0.2) is 151 Å². The van der Waals surface area contributed by atoms with E-state index >= 15 is 0 Å². The van der Waals surface area contributed by atoms with Crippen LogP contribution in [0.4, 0.5) is 0 Å². The van der Waals surface area contributed by atoms with E-state index in [1.807, 2.05) is 0 Å². The third kappa shape index (κ3) is 29.2. The topological polar surface area (TPSA) is 248 Å². The third-order valence-electron chi connectivity index (χ3n) is 14.9. The summed E-state index contributed by atoms with van der Waals surface area (Å²) in [7, 11) is 0. The summed E-state index contributed by atoms with van der Waals surface area (Å²) in [5, 5.41) is 98.1. The molecule has 0 spiro atoms. The molecule has 2 heterocycles. The third-order valence-corrected chi connectivity index (χ3v) is 14.9. The van der Waals surface area contributed by atoms with Crippen LogP contribution in [0.3, 0.4) is 0 Å². The molecule has 0 aromatic carbocycles. The molecular formula is C56H109NO14. The number of unbranched alkanes of at least 4 members (excludes halogenated alkanes) is 33. The Morgan fingerprint density at radius 3 is 1.24 bits per heavy atom. The summed E-state index contributed by atoms with van der Waals surface area (Å²) in [4.78, 5) is 13.3. The molecule has 15 heteroatoms. The predicted octanol–water partition coefficient (Wildman–Crippen LogP) is 8.31. The van der Waals surface area contributed by atoms with Crippen LogP contribution in [0.5, 0.6) is 0 Å². The Labute approximate surface area is 430 Å². The second-order valence-electron chi connectivity index (χ2n) is 21.3. The second-order valence-corrected chi connectivity index (χ2v) is 21.3. The van der Waals surface area contributed by atoms with Gasteiger partial charge in [0.1, 0.15) is 54.9 Å². The number of hydrogen-bond acceptors (Lipinski definition) is 14. The van der Waals surface area contributed by atoms with E-state index in [0.717, 1.165) is 38.5 Å². The molecule has 2 fully saturated rings. The Kier molecular flexibility index (Phi) is 40.1. The lowest BCUT2D eigenvalue weighted by Gasteiger charge is -2.46. The van der Waals surface area contributed by atoms with Gasteiger partial charge in [-0.25, -0.2) is 0 Å². The first-order valence-corrected chi connectivity index (χ1v) is 29.4. The van der Waals surface area contributed by atoms with E-state index in [1.54, 1.807) is 0 Å². The van der Waals surface area contributed by atoms with E-state index in [0.29, 0.717) is 19.3 Å². The standard InChI is InChI=1S/C56H109NO14/c1-3-5-7-9-11-13-15-17-18-19-20-21-22-23-24-25-26-27-29-31-33-35-37-39-47(61)57-43(48(62)44(60)38-36-34-32-30-28-16-14-12-10-8-6-4-2)42-68-55-53(67)51(65)54(46(41-59)70-55)71-56-52(66)50(64)49(63)45(40-58)69-56/h43-46,48-56,58-60,62-67H,3-42H2,1-2H3,(H,57,61)/t43-,44+,45+,46+,48-,49-,50-,51+,52+,53+,54-,55-,56+/m0/s1. The van der Waals surface area contributed by atoms with E-state index in [4.69, 9.17) is 18.9 Å². The molecule has 0 aliphatic carbocycles. The lowest BCUT2D eigenvalue weighted by atomic mass is 9.97. The van der Waals surface area contributed by atoms with E-state index < -0.39 is 99.5 Å². The number of ether oxygens (including phenoxy) is 4. The molecule has 2 aliphatic heterocycles. The molecule has 422 valence electrons. The Morgan fingerprint density at radius 1 is 0.465 bits per heavy atom. The molecule has 0 radical (unpaired) electrons. The number of amides is 1. The molecular weight excluding hydrogens is 911 g/mol. The van der Waals surface area contributed by atoms with E-state index in [1.165, 1.54) is 173 Å². The van der Waals surface area contributed by atoms with Crippen molar-refractivity contribution in [2.75, 3.05) is 19.8 Å². The monoisotopic (exact) mass is 1020 g/mol. The summed E-state index contributed by atoms with van der Waals surface area (Å²) < 4.78 is 22.7. The van der Waals surface area contributed by atoms with Crippen molar-refractivity contribution in [3.05, 3.63) is 0 Å². The highest BCUT2D eigenvalue weighted by molar-refractivity contribution is 5.76. The van der Waals surface area contributed by atoms with E-state index in [9.17, 15) is 50.8 Å². The maximum absolute atomic E-state index is 13.3. The van der Waals surface area contributed by atoms with Gasteiger partial charge in [0, 0.05) is 6.42 Å². The first-order valence-electron chi connectivity index (χ1n) is 29.4. The van der Waals surface area contributed by atoms with Crippen molar-refractivity contribution >= 4 is 5.91 Å². The summed E-state index contributed by atoms with van der Waals surface area (Å²) in [6.07, 6.45) is 25.2. The van der Waals surface area contributed by atoms with Gasteiger partial charge in [0.15, 0.2) is 12.6 Å². The molecule has 13 atom stereocenters. The zero-order chi connectivity index (χ0) is 51.9. The fourth-order valence-corrected chi connectivity index (χ4v) is 10.1. The van der Waals surface area contributed by atoms with Crippen LogP contribution < -0.4 is 5.32 Å². The van der Waals surface area contributed by atoms with Gasteiger partial charge >= 0.3 is 0 Å². The van der Waals surface area contributed by atoms with Gasteiger partial charge < -0.3 is 70.2 Å². The van der Waals surface area contributed by atoms with Gasteiger partial charge in [-0.15, -0.1) is 0 Å². The average molecular weight is 1020 g/mol. The average Bonchev–Trinajstić information content (AvgIpc) is 3.37. The Hall–Kier alpha value is -1.05. The van der Waals surface area contributed by atoms with Crippen molar-refractivity contribution in [3.63, 3.8) is 0 Å². The van der Waals surface area contributed by atoms with Crippen LogP contribution >= 0.6 is 0 Å². The smallest absolute Gasteiger partial charge is 0.220 e.